The molecule has 3 rings (SSSR count). The number of fused-ring (bicyclic) bond motifs is 1. The van der Waals surface area contributed by atoms with Crippen LogP contribution in [0.3, 0.4) is 0 Å². The fourth-order valence-electron chi connectivity index (χ4n) is 2.54. The Morgan fingerprint density at radius 1 is 1.11 bits per heavy atom. The number of thiophene rings is 1. The second-order valence-electron chi connectivity index (χ2n) is 5.78. The van der Waals surface area contributed by atoms with Gasteiger partial charge in [0.15, 0.2) is 6.10 Å². The molecule has 0 radical (unpaired) electrons. The van der Waals surface area contributed by atoms with Crippen molar-refractivity contribution in [3.8, 4) is 5.75 Å². The van der Waals surface area contributed by atoms with E-state index >= 15 is 0 Å². The first-order valence-electron chi connectivity index (χ1n) is 8.23. The van der Waals surface area contributed by atoms with E-state index in [2.05, 4.69) is 0 Å². The molecule has 0 spiro atoms. The number of esters is 1. The van der Waals surface area contributed by atoms with Crippen molar-refractivity contribution < 1.29 is 19.1 Å². The first-order valence-corrected chi connectivity index (χ1v) is 9.43. The summed E-state index contributed by atoms with van der Waals surface area (Å²) in [5.74, 6) is -0.225. The summed E-state index contributed by atoms with van der Waals surface area (Å²) < 4.78 is 11.3. The Hall–Kier alpha value is -2.63. The van der Waals surface area contributed by atoms with Gasteiger partial charge in [-0.15, -0.1) is 11.3 Å². The van der Waals surface area contributed by atoms with Crippen molar-refractivity contribution in [1.29, 1.82) is 0 Å². The Balaban J connectivity index is 1.65. The Morgan fingerprint density at radius 2 is 1.81 bits per heavy atom. The summed E-state index contributed by atoms with van der Waals surface area (Å²) in [4.78, 5) is 25.2. The zero-order chi connectivity index (χ0) is 19.4. The second kappa shape index (κ2) is 8.37. The van der Waals surface area contributed by atoms with Crippen LogP contribution in [0, 0.1) is 0 Å². The molecule has 3 aromatic rings. The summed E-state index contributed by atoms with van der Waals surface area (Å²) >= 11 is 7.83. The summed E-state index contributed by atoms with van der Waals surface area (Å²) in [6.07, 6.45) is 2.00. The summed E-state index contributed by atoms with van der Waals surface area (Å²) in [6.45, 7) is 1.55. The van der Waals surface area contributed by atoms with E-state index in [0.29, 0.717) is 16.3 Å². The van der Waals surface area contributed by atoms with E-state index in [1.807, 2.05) is 24.3 Å². The molecular formula is C21H17ClO4S. The van der Waals surface area contributed by atoms with Crippen molar-refractivity contribution in [2.45, 2.75) is 13.0 Å². The van der Waals surface area contributed by atoms with Crippen LogP contribution in [0.25, 0.3) is 16.2 Å². The van der Waals surface area contributed by atoms with Gasteiger partial charge in [-0.25, -0.2) is 4.79 Å². The largest absolute Gasteiger partial charge is 0.497 e. The normalized spacial score (nSPS) is 12.3. The van der Waals surface area contributed by atoms with E-state index in [0.717, 1.165) is 15.0 Å². The van der Waals surface area contributed by atoms with Crippen molar-refractivity contribution >= 4 is 50.9 Å². The number of hydrogen-bond acceptors (Lipinski definition) is 5. The lowest BCUT2D eigenvalue weighted by Gasteiger charge is -2.11. The van der Waals surface area contributed by atoms with Crippen LogP contribution < -0.4 is 4.74 Å². The van der Waals surface area contributed by atoms with Crippen molar-refractivity contribution in [2.24, 2.45) is 0 Å². The Kier molecular flexibility index (Phi) is 5.94. The molecule has 138 valence electrons. The lowest BCUT2D eigenvalue weighted by atomic mass is 10.1. The third-order valence-electron chi connectivity index (χ3n) is 3.97. The number of carbonyl (C=O) groups excluding carboxylic acids is 2. The molecule has 6 heteroatoms. The Labute approximate surface area is 166 Å². The van der Waals surface area contributed by atoms with Gasteiger partial charge < -0.3 is 9.47 Å². The van der Waals surface area contributed by atoms with Crippen LogP contribution >= 0.6 is 22.9 Å². The van der Waals surface area contributed by atoms with Gasteiger partial charge in [-0.1, -0.05) is 29.8 Å². The molecular weight excluding hydrogens is 384 g/mol. The minimum absolute atomic E-state index is 0.278. The maximum Gasteiger partial charge on any atom is 0.331 e. The van der Waals surface area contributed by atoms with E-state index in [1.54, 1.807) is 44.4 Å². The molecule has 0 saturated heterocycles. The smallest absolute Gasteiger partial charge is 0.331 e. The highest BCUT2D eigenvalue weighted by molar-refractivity contribution is 7.20. The van der Waals surface area contributed by atoms with Crippen LogP contribution in [0.2, 0.25) is 5.02 Å². The third-order valence-corrected chi connectivity index (χ3v) is 5.62. The molecule has 0 unspecified atom stereocenters. The maximum atomic E-state index is 12.4. The van der Waals surface area contributed by atoms with Gasteiger partial charge in [0, 0.05) is 26.6 Å². The van der Waals surface area contributed by atoms with Crippen LogP contribution in [0.1, 0.15) is 22.2 Å². The number of Topliss-reactive ketones (excluding diaryl/α,β-unsaturated/α-hetero) is 1. The van der Waals surface area contributed by atoms with Crippen molar-refractivity contribution in [3.63, 3.8) is 0 Å². The summed E-state index contributed by atoms with van der Waals surface area (Å²) in [6, 6.07) is 14.4. The lowest BCUT2D eigenvalue weighted by Crippen LogP contribution is -2.23. The Bertz CT molecular complexity index is 1000. The molecule has 27 heavy (non-hydrogen) atoms. The van der Waals surface area contributed by atoms with Gasteiger partial charge in [-0.2, -0.15) is 0 Å². The average Bonchev–Trinajstić information content (AvgIpc) is 3.02. The van der Waals surface area contributed by atoms with Crippen LogP contribution in [0.5, 0.6) is 5.75 Å². The molecule has 2 aromatic carbocycles. The molecule has 0 aliphatic rings. The molecule has 0 amide bonds. The highest BCUT2D eigenvalue weighted by Crippen LogP contribution is 2.35. The minimum atomic E-state index is -0.895. The monoisotopic (exact) mass is 400 g/mol. The van der Waals surface area contributed by atoms with Gasteiger partial charge in [0.1, 0.15) is 5.75 Å². The summed E-state index contributed by atoms with van der Waals surface area (Å²) in [7, 11) is 1.55. The van der Waals surface area contributed by atoms with Crippen LogP contribution in [-0.2, 0) is 9.53 Å². The van der Waals surface area contributed by atoms with Crippen LogP contribution in [-0.4, -0.2) is 25.0 Å². The lowest BCUT2D eigenvalue weighted by molar-refractivity contribution is -0.140. The predicted octanol–water partition coefficient (Wildman–Crippen LogP) is 5.39. The SMILES string of the molecule is COc1ccc(C(=O)[C@H](C)OC(=O)/C=C/c2sc3ccccc3c2Cl)cc1. The average molecular weight is 401 g/mol. The highest BCUT2D eigenvalue weighted by atomic mass is 35.5. The second-order valence-corrected chi connectivity index (χ2v) is 7.24. The first-order chi connectivity index (χ1) is 13.0. The summed E-state index contributed by atoms with van der Waals surface area (Å²) in [5.41, 5.74) is 0.452. The van der Waals surface area contributed by atoms with Crippen molar-refractivity contribution in [2.75, 3.05) is 7.11 Å². The predicted molar refractivity (Wildman–Crippen MR) is 109 cm³/mol. The number of methoxy groups -OCH3 is 1. The molecule has 0 aliphatic heterocycles. The van der Waals surface area contributed by atoms with Crippen LogP contribution in [0.4, 0.5) is 0 Å². The molecule has 0 N–H and O–H groups in total. The molecule has 0 saturated carbocycles. The van der Waals surface area contributed by atoms with Gasteiger partial charge in [0.2, 0.25) is 5.78 Å². The number of rotatable bonds is 6. The Morgan fingerprint density at radius 3 is 2.48 bits per heavy atom. The molecule has 1 heterocycles. The number of benzene rings is 2. The van der Waals surface area contributed by atoms with E-state index in [1.165, 1.54) is 17.4 Å². The number of ketones is 1. The number of carbonyl (C=O) groups is 2. The minimum Gasteiger partial charge on any atom is -0.497 e. The topological polar surface area (TPSA) is 52.6 Å². The number of ether oxygens (including phenoxy) is 2. The standard InChI is InChI=1S/C21H17ClO4S/c1-13(21(24)14-7-9-15(25-2)10-8-14)26-19(23)12-11-18-20(22)16-5-3-4-6-17(16)27-18/h3-13H,1-2H3/b12-11+/t13-/m0/s1. The van der Waals surface area contributed by atoms with E-state index < -0.39 is 12.1 Å². The van der Waals surface area contributed by atoms with Crippen molar-refractivity contribution in [1.82, 2.24) is 0 Å². The summed E-state index contributed by atoms with van der Waals surface area (Å²) in [5, 5.41) is 1.54. The van der Waals surface area contributed by atoms with Gasteiger partial charge in [-0.05, 0) is 43.3 Å². The third kappa shape index (κ3) is 4.38. The molecule has 1 aromatic heterocycles. The zero-order valence-electron chi connectivity index (χ0n) is 14.8. The molecule has 0 fully saturated rings. The number of hydrogen-bond donors (Lipinski definition) is 0. The quantitative estimate of drug-likeness (QED) is 0.316. The molecule has 4 nitrogen and oxygen atoms in total. The van der Waals surface area contributed by atoms with Gasteiger partial charge >= 0.3 is 5.97 Å². The van der Waals surface area contributed by atoms with Crippen LogP contribution in [0.15, 0.2) is 54.6 Å². The van der Waals surface area contributed by atoms with Crippen molar-refractivity contribution in [3.05, 3.63) is 70.1 Å². The van der Waals surface area contributed by atoms with E-state index in [9.17, 15) is 9.59 Å². The molecule has 0 aliphatic carbocycles. The fourth-order valence-corrected chi connectivity index (χ4v) is 3.94. The fraction of sp³-hybridized carbons (Fsp3) is 0.143. The van der Waals surface area contributed by atoms with Gasteiger partial charge in [0.25, 0.3) is 0 Å². The van der Waals surface area contributed by atoms with Gasteiger partial charge in [0.05, 0.1) is 12.1 Å². The zero-order valence-corrected chi connectivity index (χ0v) is 16.3. The number of halogens is 1. The highest BCUT2D eigenvalue weighted by Gasteiger charge is 2.18. The molecule has 1 atom stereocenters. The first kappa shape index (κ1) is 19.1. The maximum absolute atomic E-state index is 12.4. The molecule has 0 bridgehead atoms. The van der Waals surface area contributed by atoms with E-state index in [-0.39, 0.29) is 5.78 Å². The van der Waals surface area contributed by atoms with Gasteiger partial charge in [-0.3, -0.25) is 4.79 Å². The van der Waals surface area contributed by atoms with E-state index in [4.69, 9.17) is 21.1 Å².